The first-order valence-electron chi connectivity index (χ1n) is 13.9. The molecule has 218 valence electrons. The Bertz CT molecular complexity index is 1380. The van der Waals surface area contributed by atoms with Crippen LogP contribution in [-0.4, -0.2) is 72.2 Å². The topological polar surface area (TPSA) is 118 Å². The van der Waals surface area contributed by atoms with Gasteiger partial charge in [0.15, 0.2) is 0 Å². The summed E-state index contributed by atoms with van der Waals surface area (Å²) in [7, 11) is 1.79. The zero-order chi connectivity index (χ0) is 29.7. The number of rotatable bonds is 12. The van der Waals surface area contributed by atoms with Crippen molar-refractivity contribution in [3.8, 4) is 6.07 Å². The number of likely N-dealkylation sites (N-methyl/N-ethyl adjacent to an activating group) is 1. The van der Waals surface area contributed by atoms with Crippen LogP contribution in [0.4, 0.5) is 10.5 Å². The molecule has 0 radical (unpaired) electrons. The van der Waals surface area contributed by atoms with Crippen molar-refractivity contribution in [2.45, 2.75) is 30.8 Å². The van der Waals surface area contributed by atoms with Crippen LogP contribution in [0, 0.1) is 11.3 Å². The van der Waals surface area contributed by atoms with Crippen LogP contribution >= 0.6 is 11.8 Å². The number of anilines is 1. The number of hydrogen-bond donors (Lipinski definition) is 3. The summed E-state index contributed by atoms with van der Waals surface area (Å²) in [6.07, 6.45) is 0.886. The third-order valence-electron chi connectivity index (χ3n) is 7.10. The van der Waals surface area contributed by atoms with Gasteiger partial charge in [0, 0.05) is 55.5 Å². The summed E-state index contributed by atoms with van der Waals surface area (Å²) in [6.45, 7) is 2.41. The first kappa shape index (κ1) is 30.6. The molecule has 3 aromatic carbocycles. The van der Waals surface area contributed by atoms with Gasteiger partial charge in [0.25, 0.3) is 5.91 Å². The first-order valence-corrected chi connectivity index (χ1v) is 15.1. The second kappa shape index (κ2) is 15.6. The van der Waals surface area contributed by atoms with Crippen molar-refractivity contribution in [1.82, 2.24) is 20.4 Å². The zero-order valence-electron chi connectivity index (χ0n) is 23.7. The molecule has 4 rings (SSSR count). The first-order chi connectivity index (χ1) is 20.4. The third-order valence-corrected chi connectivity index (χ3v) is 8.21. The molecule has 0 unspecified atom stereocenters. The maximum Gasteiger partial charge on any atom is 0.321 e. The van der Waals surface area contributed by atoms with Gasteiger partial charge in [-0.2, -0.15) is 17.0 Å². The number of nitrogens with zero attached hydrogens (tertiary/aromatic N) is 3. The molecule has 3 aromatic rings. The highest BCUT2D eigenvalue weighted by atomic mass is 32.2. The largest absolute Gasteiger partial charge is 0.341 e. The Morgan fingerprint density at radius 3 is 2.45 bits per heavy atom. The summed E-state index contributed by atoms with van der Waals surface area (Å²) < 4.78 is 0. The van der Waals surface area contributed by atoms with E-state index in [1.165, 1.54) is 17.3 Å². The molecule has 42 heavy (non-hydrogen) atoms. The van der Waals surface area contributed by atoms with E-state index < -0.39 is 17.9 Å². The molecule has 1 aliphatic rings. The smallest absolute Gasteiger partial charge is 0.321 e. The Hall–Kier alpha value is -4.33. The summed E-state index contributed by atoms with van der Waals surface area (Å²) in [4.78, 5) is 43.0. The lowest BCUT2D eigenvalue weighted by atomic mass is 10.1. The van der Waals surface area contributed by atoms with Gasteiger partial charge in [-0.05, 0) is 35.7 Å². The zero-order valence-corrected chi connectivity index (χ0v) is 24.5. The van der Waals surface area contributed by atoms with Crippen LogP contribution in [0.2, 0.25) is 0 Å². The van der Waals surface area contributed by atoms with Gasteiger partial charge in [-0.25, -0.2) is 4.79 Å². The summed E-state index contributed by atoms with van der Waals surface area (Å²) >= 11 is 1.52. The molecule has 1 heterocycles. The van der Waals surface area contributed by atoms with Crippen LogP contribution < -0.4 is 16.0 Å². The lowest BCUT2D eigenvalue weighted by molar-refractivity contribution is -0.122. The fourth-order valence-electron chi connectivity index (χ4n) is 4.77. The summed E-state index contributed by atoms with van der Waals surface area (Å²) in [5.41, 5.74) is 3.17. The molecule has 3 N–H and O–H groups in total. The quantitative estimate of drug-likeness (QED) is 0.276. The van der Waals surface area contributed by atoms with Crippen LogP contribution in [0.3, 0.4) is 0 Å². The van der Waals surface area contributed by atoms with E-state index in [1.807, 2.05) is 54.6 Å². The van der Waals surface area contributed by atoms with Gasteiger partial charge in [0.05, 0.1) is 6.07 Å². The number of nitrogens with one attached hydrogen (secondary N) is 3. The Morgan fingerprint density at radius 1 is 1.02 bits per heavy atom. The number of carbonyl (C=O) groups is 3. The standard InChI is InChI=1S/C32H36N6O3S/c1-37(28-15-18-38(21-28)20-24-9-4-2-5-10-24)32(41)35-27-14-8-13-26(19-27)30(39)36-29(31(40)34-17-16-33)23-42-22-25-11-6-3-7-12-25/h2-14,19,28-29H,15,17-18,20-23H2,1H3,(H,34,40)(H,35,41)(H,36,39)/t28-,29-/m0/s1. The molecule has 9 nitrogen and oxygen atoms in total. The maximum atomic E-state index is 13.1. The number of amides is 4. The number of hydrogen-bond acceptors (Lipinski definition) is 6. The minimum atomic E-state index is -0.829. The van der Waals surface area contributed by atoms with Crippen molar-refractivity contribution in [2.24, 2.45) is 0 Å². The normalized spacial score (nSPS) is 15.3. The number of likely N-dealkylation sites (tertiary alicyclic amines) is 1. The van der Waals surface area contributed by atoms with Gasteiger partial charge in [0.2, 0.25) is 5.91 Å². The lowest BCUT2D eigenvalue weighted by Gasteiger charge is -2.25. The molecule has 0 spiro atoms. The molecule has 0 bridgehead atoms. The van der Waals surface area contributed by atoms with Crippen LogP contribution in [0.15, 0.2) is 84.9 Å². The van der Waals surface area contributed by atoms with Crippen molar-refractivity contribution < 1.29 is 14.4 Å². The molecular formula is C32H36N6O3S. The Balaban J connectivity index is 1.32. The van der Waals surface area contributed by atoms with Gasteiger partial charge in [0.1, 0.15) is 12.6 Å². The van der Waals surface area contributed by atoms with Gasteiger partial charge >= 0.3 is 6.03 Å². The average molecular weight is 585 g/mol. The SMILES string of the molecule is CN(C(=O)Nc1cccc(C(=O)N[C@@H](CSCc2ccccc2)C(=O)NCC#N)c1)[C@H]1CCN(Cc2ccccc2)C1. The highest BCUT2D eigenvalue weighted by Gasteiger charge is 2.28. The number of benzene rings is 3. The predicted octanol–water partition coefficient (Wildman–Crippen LogP) is 4.10. The van der Waals surface area contributed by atoms with E-state index in [4.69, 9.17) is 5.26 Å². The van der Waals surface area contributed by atoms with Crippen molar-refractivity contribution in [3.05, 3.63) is 102 Å². The van der Waals surface area contributed by atoms with Crippen molar-refractivity contribution in [2.75, 3.05) is 37.8 Å². The van der Waals surface area contributed by atoms with Crippen LogP contribution in [-0.2, 0) is 17.1 Å². The Morgan fingerprint density at radius 2 is 1.74 bits per heavy atom. The molecule has 1 fully saturated rings. The summed E-state index contributed by atoms with van der Waals surface area (Å²) in [6, 6.07) is 27.7. The number of thioether (sulfide) groups is 1. The molecule has 0 aliphatic carbocycles. The van der Waals surface area contributed by atoms with E-state index in [0.717, 1.165) is 31.6 Å². The molecule has 10 heteroatoms. The van der Waals surface area contributed by atoms with E-state index in [9.17, 15) is 14.4 Å². The summed E-state index contributed by atoms with van der Waals surface area (Å²) in [5.74, 6) is 0.152. The van der Waals surface area contributed by atoms with E-state index in [0.29, 0.717) is 22.8 Å². The van der Waals surface area contributed by atoms with E-state index in [1.54, 1.807) is 36.2 Å². The number of carbonyl (C=O) groups excluding carboxylic acids is 3. The molecule has 1 aliphatic heterocycles. The average Bonchev–Trinajstić information content (AvgIpc) is 3.48. The minimum Gasteiger partial charge on any atom is -0.341 e. The Kier molecular flexibility index (Phi) is 11.4. The van der Waals surface area contributed by atoms with Crippen LogP contribution in [0.25, 0.3) is 0 Å². The van der Waals surface area contributed by atoms with E-state index in [2.05, 4.69) is 33.0 Å². The van der Waals surface area contributed by atoms with Gasteiger partial charge < -0.3 is 20.9 Å². The van der Waals surface area contributed by atoms with Crippen LogP contribution in [0.1, 0.15) is 27.9 Å². The van der Waals surface area contributed by atoms with Gasteiger partial charge in [-0.15, -0.1) is 0 Å². The van der Waals surface area contributed by atoms with E-state index >= 15 is 0 Å². The van der Waals surface area contributed by atoms with Gasteiger partial charge in [-0.1, -0.05) is 66.7 Å². The van der Waals surface area contributed by atoms with Crippen molar-refractivity contribution in [1.29, 1.82) is 5.26 Å². The maximum absolute atomic E-state index is 13.1. The minimum absolute atomic E-state index is 0.0845. The summed E-state index contributed by atoms with van der Waals surface area (Å²) in [5, 5.41) is 17.1. The number of urea groups is 1. The van der Waals surface area contributed by atoms with E-state index in [-0.39, 0.29) is 18.6 Å². The monoisotopic (exact) mass is 584 g/mol. The molecule has 1 saturated heterocycles. The molecular weight excluding hydrogens is 548 g/mol. The van der Waals surface area contributed by atoms with Crippen molar-refractivity contribution >= 4 is 35.3 Å². The number of nitriles is 1. The lowest BCUT2D eigenvalue weighted by Crippen LogP contribution is -2.48. The van der Waals surface area contributed by atoms with Gasteiger partial charge in [-0.3, -0.25) is 14.5 Å². The van der Waals surface area contributed by atoms with Crippen LogP contribution in [0.5, 0.6) is 0 Å². The second-order valence-electron chi connectivity index (χ2n) is 10.2. The highest BCUT2D eigenvalue weighted by molar-refractivity contribution is 7.98. The van der Waals surface area contributed by atoms with Crippen molar-refractivity contribution in [3.63, 3.8) is 0 Å². The molecule has 2 atom stereocenters. The fourth-order valence-corrected chi connectivity index (χ4v) is 5.79. The molecule has 0 saturated carbocycles. The molecule has 4 amide bonds. The third kappa shape index (κ3) is 9.09. The second-order valence-corrected chi connectivity index (χ2v) is 11.2. The highest BCUT2D eigenvalue weighted by Crippen LogP contribution is 2.19. The molecule has 0 aromatic heterocycles. The predicted molar refractivity (Wildman–Crippen MR) is 166 cm³/mol. The fraction of sp³-hybridized carbons (Fsp3) is 0.312. The Labute approximate surface area is 251 Å².